The minimum atomic E-state index is -0.244. The van der Waals surface area contributed by atoms with E-state index in [1.807, 2.05) is 0 Å². The van der Waals surface area contributed by atoms with Gasteiger partial charge < -0.3 is 10.1 Å². The molecule has 0 heterocycles. The number of ether oxygens (including phenoxy) is 1. The number of carbonyl (C=O) groups is 2. The Morgan fingerprint density at radius 1 is 1.44 bits per heavy atom. The molecular formula is C11H12ClNO3. The summed E-state index contributed by atoms with van der Waals surface area (Å²) in [7, 11) is 1.52. The van der Waals surface area contributed by atoms with Crippen molar-refractivity contribution in [1.29, 1.82) is 0 Å². The number of halogens is 1. The number of hydrogen-bond donors (Lipinski definition) is 1. The van der Waals surface area contributed by atoms with Gasteiger partial charge in [-0.05, 0) is 25.1 Å². The molecule has 16 heavy (non-hydrogen) atoms. The number of benzene rings is 1. The number of likely N-dealkylation sites (N-methyl/N-ethyl adjacent to an activating group) is 1. The second-order valence-electron chi connectivity index (χ2n) is 3.16. The van der Waals surface area contributed by atoms with Gasteiger partial charge in [-0.25, -0.2) is 0 Å². The third kappa shape index (κ3) is 3.24. The standard InChI is InChI=1S/C11H12ClNO3/c1-7(14)8-3-4-10(9(12)5-8)16-6-11(15)13-2/h3-5H,6H2,1-2H3,(H,13,15). The second kappa shape index (κ2) is 5.51. The van der Waals surface area contributed by atoms with Crippen molar-refractivity contribution < 1.29 is 14.3 Å². The third-order valence-corrected chi connectivity index (χ3v) is 2.27. The number of nitrogens with one attached hydrogen (secondary N) is 1. The summed E-state index contributed by atoms with van der Waals surface area (Å²) >= 11 is 5.89. The fourth-order valence-corrected chi connectivity index (χ4v) is 1.29. The summed E-state index contributed by atoms with van der Waals surface area (Å²) in [5.41, 5.74) is 0.511. The Morgan fingerprint density at radius 2 is 2.12 bits per heavy atom. The summed E-state index contributed by atoms with van der Waals surface area (Å²) in [5, 5.41) is 2.74. The van der Waals surface area contributed by atoms with Crippen molar-refractivity contribution in [2.24, 2.45) is 0 Å². The van der Waals surface area contributed by atoms with Crippen molar-refractivity contribution >= 4 is 23.3 Å². The van der Waals surface area contributed by atoms with Gasteiger partial charge in [0.1, 0.15) is 5.75 Å². The van der Waals surface area contributed by atoms with Gasteiger partial charge >= 0.3 is 0 Å². The molecule has 0 radical (unpaired) electrons. The highest BCUT2D eigenvalue weighted by atomic mass is 35.5. The van der Waals surface area contributed by atoms with Crippen LogP contribution in [-0.2, 0) is 4.79 Å². The van der Waals surface area contributed by atoms with Gasteiger partial charge in [-0.1, -0.05) is 11.6 Å². The van der Waals surface area contributed by atoms with Gasteiger partial charge in [-0.3, -0.25) is 9.59 Å². The van der Waals surface area contributed by atoms with E-state index in [9.17, 15) is 9.59 Å². The molecule has 0 spiro atoms. The number of ketones is 1. The molecule has 0 atom stereocenters. The van der Waals surface area contributed by atoms with E-state index >= 15 is 0 Å². The quantitative estimate of drug-likeness (QED) is 0.816. The molecule has 0 aliphatic rings. The van der Waals surface area contributed by atoms with E-state index in [2.05, 4.69) is 5.32 Å². The van der Waals surface area contributed by atoms with E-state index in [-0.39, 0.29) is 18.3 Å². The summed E-state index contributed by atoms with van der Waals surface area (Å²) in [6, 6.07) is 4.69. The van der Waals surface area contributed by atoms with Crippen molar-refractivity contribution in [2.75, 3.05) is 13.7 Å². The molecule has 0 unspecified atom stereocenters. The first kappa shape index (κ1) is 12.5. The first-order chi connectivity index (χ1) is 7.54. The van der Waals surface area contributed by atoms with Gasteiger partial charge in [0, 0.05) is 12.6 Å². The van der Waals surface area contributed by atoms with Crippen LogP contribution in [0.25, 0.3) is 0 Å². The normalized spacial score (nSPS) is 9.69. The van der Waals surface area contributed by atoms with Crippen LogP contribution in [0.15, 0.2) is 18.2 Å². The molecule has 1 rings (SSSR count). The summed E-state index contributed by atoms with van der Waals surface area (Å²) in [6.45, 7) is 1.35. The van der Waals surface area contributed by atoms with Gasteiger partial charge in [-0.15, -0.1) is 0 Å². The SMILES string of the molecule is CNC(=O)COc1ccc(C(C)=O)cc1Cl. The average molecular weight is 242 g/mol. The van der Waals surface area contributed by atoms with Crippen LogP contribution in [0.1, 0.15) is 17.3 Å². The molecule has 5 heteroatoms. The molecule has 4 nitrogen and oxygen atoms in total. The topological polar surface area (TPSA) is 55.4 Å². The van der Waals surface area contributed by atoms with E-state index in [4.69, 9.17) is 16.3 Å². The van der Waals surface area contributed by atoms with Crippen LogP contribution in [0.4, 0.5) is 0 Å². The Morgan fingerprint density at radius 3 is 2.62 bits per heavy atom. The minimum Gasteiger partial charge on any atom is -0.482 e. The van der Waals surface area contributed by atoms with Crippen LogP contribution in [0.2, 0.25) is 5.02 Å². The lowest BCUT2D eigenvalue weighted by atomic mass is 10.1. The lowest BCUT2D eigenvalue weighted by molar-refractivity contribution is -0.122. The lowest BCUT2D eigenvalue weighted by Crippen LogP contribution is -2.24. The Balaban J connectivity index is 2.75. The Bertz CT molecular complexity index is 418. The highest BCUT2D eigenvalue weighted by Crippen LogP contribution is 2.25. The predicted octanol–water partition coefficient (Wildman–Crippen LogP) is 1.67. The van der Waals surface area contributed by atoms with Gasteiger partial charge in [0.05, 0.1) is 5.02 Å². The summed E-state index contributed by atoms with van der Waals surface area (Å²) in [6.07, 6.45) is 0. The van der Waals surface area contributed by atoms with Crippen molar-refractivity contribution in [3.63, 3.8) is 0 Å². The van der Waals surface area contributed by atoms with E-state index in [1.165, 1.54) is 20.0 Å². The molecule has 0 bridgehead atoms. The molecule has 0 saturated carbocycles. The number of amides is 1. The van der Waals surface area contributed by atoms with E-state index in [1.54, 1.807) is 12.1 Å². The van der Waals surface area contributed by atoms with Crippen LogP contribution in [-0.4, -0.2) is 25.3 Å². The Labute approximate surface area is 98.5 Å². The van der Waals surface area contributed by atoms with Crippen molar-refractivity contribution in [1.82, 2.24) is 5.32 Å². The van der Waals surface area contributed by atoms with Gasteiger partial charge in [0.2, 0.25) is 0 Å². The van der Waals surface area contributed by atoms with Crippen molar-refractivity contribution in [3.05, 3.63) is 28.8 Å². The zero-order valence-electron chi connectivity index (χ0n) is 9.04. The summed E-state index contributed by atoms with van der Waals surface area (Å²) < 4.78 is 5.17. The average Bonchev–Trinajstić information content (AvgIpc) is 2.26. The van der Waals surface area contributed by atoms with Crippen molar-refractivity contribution in [3.8, 4) is 5.75 Å². The number of Topliss-reactive ketones (excluding diaryl/α,β-unsaturated/α-hetero) is 1. The first-order valence-corrected chi connectivity index (χ1v) is 5.06. The molecule has 1 aromatic rings. The van der Waals surface area contributed by atoms with Crippen LogP contribution in [0.5, 0.6) is 5.75 Å². The summed E-state index contributed by atoms with van der Waals surface area (Å²) in [4.78, 5) is 22.0. The minimum absolute atomic E-state index is 0.0697. The largest absolute Gasteiger partial charge is 0.482 e. The smallest absolute Gasteiger partial charge is 0.257 e. The molecule has 0 saturated heterocycles. The molecule has 1 aromatic carbocycles. The van der Waals surface area contributed by atoms with Gasteiger partial charge in [0.25, 0.3) is 5.91 Å². The lowest BCUT2D eigenvalue weighted by Gasteiger charge is -2.07. The van der Waals surface area contributed by atoms with Crippen LogP contribution < -0.4 is 10.1 Å². The van der Waals surface area contributed by atoms with E-state index in [0.29, 0.717) is 16.3 Å². The molecule has 86 valence electrons. The monoisotopic (exact) mass is 241 g/mol. The third-order valence-electron chi connectivity index (χ3n) is 1.98. The van der Waals surface area contributed by atoms with Crippen molar-refractivity contribution in [2.45, 2.75) is 6.92 Å². The molecule has 1 amide bonds. The maximum atomic E-state index is 11.1. The molecule has 1 N–H and O–H groups in total. The van der Waals surface area contributed by atoms with Crippen LogP contribution >= 0.6 is 11.6 Å². The Kier molecular flexibility index (Phi) is 4.31. The number of carbonyl (C=O) groups excluding carboxylic acids is 2. The van der Waals surface area contributed by atoms with Crippen LogP contribution in [0.3, 0.4) is 0 Å². The Hall–Kier alpha value is -1.55. The highest BCUT2D eigenvalue weighted by Gasteiger charge is 2.07. The molecule has 0 aliphatic heterocycles. The second-order valence-corrected chi connectivity index (χ2v) is 3.57. The fraction of sp³-hybridized carbons (Fsp3) is 0.273. The molecular weight excluding hydrogens is 230 g/mol. The predicted molar refractivity (Wildman–Crippen MR) is 61.0 cm³/mol. The van der Waals surface area contributed by atoms with E-state index < -0.39 is 0 Å². The molecule has 0 fully saturated rings. The summed E-state index contributed by atoms with van der Waals surface area (Å²) in [5.74, 6) is 0.0710. The number of rotatable bonds is 4. The maximum Gasteiger partial charge on any atom is 0.257 e. The van der Waals surface area contributed by atoms with Gasteiger partial charge in [-0.2, -0.15) is 0 Å². The number of hydrogen-bond acceptors (Lipinski definition) is 3. The van der Waals surface area contributed by atoms with Crippen LogP contribution in [0, 0.1) is 0 Å². The first-order valence-electron chi connectivity index (χ1n) is 4.68. The molecule has 0 aromatic heterocycles. The maximum absolute atomic E-state index is 11.1. The fourth-order valence-electron chi connectivity index (χ4n) is 1.05. The zero-order valence-corrected chi connectivity index (χ0v) is 9.80. The molecule has 0 aliphatic carbocycles. The van der Waals surface area contributed by atoms with E-state index in [0.717, 1.165) is 0 Å². The highest BCUT2D eigenvalue weighted by molar-refractivity contribution is 6.32. The van der Waals surface area contributed by atoms with Gasteiger partial charge in [0.15, 0.2) is 12.4 Å². The zero-order chi connectivity index (χ0) is 12.1.